The first-order valence-electron chi connectivity index (χ1n) is 9.08. The van der Waals surface area contributed by atoms with Crippen LogP contribution in [0.2, 0.25) is 0 Å². The molecule has 0 fully saturated rings. The molecule has 1 atom stereocenters. The van der Waals surface area contributed by atoms with Gasteiger partial charge in [0.1, 0.15) is 10.8 Å². The Balaban J connectivity index is 1.46. The van der Waals surface area contributed by atoms with Gasteiger partial charge in [-0.1, -0.05) is 42.1 Å². The number of benzene rings is 1. The van der Waals surface area contributed by atoms with Crippen LogP contribution in [0.3, 0.4) is 0 Å². The smallest absolute Gasteiger partial charge is 0.191 e. The Labute approximate surface area is 181 Å². The van der Waals surface area contributed by atoms with E-state index in [1.165, 1.54) is 23.1 Å². The van der Waals surface area contributed by atoms with Gasteiger partial charge in [0.25, 0.3) is 0 Å². The summed E-state index contributed by atoms with van der Waals surface area (Å²) < 4.78 is 7.14. The van der Waals surface area contributed by atoms with Gasteiger partial charge in [-0.05, 0) is 13.0 Å². The number of nitrogens with zero attached hydrogens (tertiary/aromatic N) is 5. The summed E-state index contributed by atoms with van der Waals surface area (Å²) in [6.07, 6.45) is 1.60. The van der Waals surface area contributed by atoms with E-state index in [4.69, 9.17) is 4.42 Å². The van der Waals surface area contributed by atoms with Crippen LogP contribution in [0.15, 0.2) is 57.6 Å². The van der Waals surface area contributed by atoms with E-state index in [-0.39, 0.29) is 11.5 Å². The molecule has 0 bridgehead atoms. The Hall–Kier alpha value is -3.22. The van der Waals surface area contributed by atoms with Crippen LogP contribution in [0, 0.1) is 18.3 Å². The largest absolute Gasteiger partial charge is 0.469 e. The monoisotopic (exact) mass is 435 g/mol. The lowest BCUT2D eigenvalue weighted by Gasteiger charge is -2.05. The van der Waals surface area contributed by atoms with Gasteiger partial charge >= 0.3 is 0 Å². The second-order valence-corrected chi connectivity index (χ2v) is 8.34. The van der Waals surface area contributed by atoms with Gasteiger partial charge in [0.15, 0.2) is 22.7 Å². The lowest BCUT2D eigenvalue weighted by molar-refractivity contribution is -0.116. The number of aromatic nitrogens is 4. The van der Waals surface area contributed by atoms with Crippen LogP contribution in [0.1, 0.15) is 16.7 Å². The first kappa shape index (κ1) is 20.1. The standard InChI is InChI=1S/C21H17N5O2S2/c1-13-15(8-9-28-13)19-24-25-21(26(19)2)30-12-18(27)16(10-22)20-23-17(11-29-20)14-6-4-3-5-7-14/h3-9,11,16H,12H2,1-2H3/t16-/m0/s1. The fourth-order valence-corrected chi connectivity index (χ4v) is 4.65. The molecule has 30 heavy (non-hydrogen) atoms. The summed E-state index contributed by atoms with van der Waals surface area (Å²) in [5, 5.41) is 20.9. The number of thiazole rings is 1. The van der Waals surface area contributed by atoms with Crippen LogP contribution in [0.25, 0.3) is 22.6 Å². The number of aryl methyl sites for hydroxylation is 1. The molecule has 0 aliphatic heterocycles. The molecule has 3 aromatic heterocycles. The van der Waals surface area contributed by atoms with E-state index in [1.54, 1.807) is 6.26 Å². The van der Waals surface area contributed by atoms with Gasteiger partial charge in [0, 0.05) is 18.0 Å². The summed E-state index contributed by atoms with van der Waals surface area (Å²) in [7, 11) is 1.84. The quantitative estimate of drug-likeness (QED) is 0.395. The third-order valence-electron chi connectivity index (χ3n) is 4.57. The van der Waals surface area contributed by atoms with Crippen molar-refractivity contribution in [2.45, 2.75) is 18.0 Å². The van der Waals surface area contributed by atoms with Crippen LogP contribution >= 0.6 is 23.1 Å². The maximum atomic E-state index is 12.7. The van der Waals surface area contributed by atoms with E-state index in [1.807, 2.05) is 60.3 Å². The number of nitriles is 1. The van der Waals surface area contributed by atoms with Crippen LogP contribution in [-0.2, 0) is 11.8 Å². The third-order valence-corrected chi connectivity index (χ3v) is 6.52. The van der Waals surface area contributed by atoms with E-state index >= 15 is 0 Å². The Morgan fingerprint density at radius 3 is 2.80 bits per heavy atom. The molecule has 0 saturated heterocycles. The van der Waals surface area contributed by atoms with Crippen molar-refractivity contribution in [2.24, 2.45) is 7.05 Å². The summed E-state index contributed by atoms with van der Waals surface area (Å²) >= 11 is 2.58. The van der Waals surface area contributed by atoms with E-state index in [0.717, 1.165) is 22.6 Å². The maximum absolute atomic E-state index is 12.7. The van der Waals surface area contributed by atoms with Crippen molar-refractivity contribution in [3.05, 3.63) is 58.8 Å². The first-order chi connectivity index (χ1) is 14.6. The first-order valence-corrected chi connectivity index (χ1v) is 10.9. The van der Waals surface area contributed by atoms with E-state index in [9.17, 15) is 10.1 Å². The molecule has 4 aromatic rings. The minimum atomic E-state index is -0.899. The number of Topliss-reactive ketones (excluding diaryl/α,β-unsaturated/α-hetero) is 1. The molecule has 0 amide bonds. The highest BCUT2D eigenvalue weighted by atomic mass is 32.2. The lowest BCUT2D eigenvalue weighted by atomic mass is 10.1. The Morgan fingerprint density at radius 2 is 2.10 bits per heavy atom. The highest BCUT2D eigenvalue weighted by Crippen LogP contribution is 2.29. The molecule has 0 aliphatic rings. The zero-order valence-electron chi connectivity index (χ0n) is 16.3. The molecule has 1 aromatic carbocycles. The Kier molecular flexibility index (Phi) is 5.79. The number of carbonyl (C=O) groups is 1. The van der Waals surface area contributed by atoms with Crippen molar-refractivity contribution in [1.82, 2.24) is 19.7 Å². The van der Waals surface area contributed by atoms with E-state index < -0.39 is 5.92 Å². The van der Waals surface area contributed by atoms with Crippen molar-refractivity contribution < 1.29 is 9.21 Å². The van der Waals surface area contributed by atoms with Crippen molar-refractivity contribution in [1.29, 1.82) is 5.26 Å². The molecule has 4 rings (SSSR count). The average molecular weight is 436 g/mol. The van der Waals surface area contributed by atoms with Gasteiger partial charge in [-0.3, -0.25) is 4.79 Å². The molecule has 0 aliphatic carbocycles. The lowest BCUT2D eigenvalue weighted by Crippen LogP contribution is -2.13. The van der Waals surface area contributed by atoms with Crippen molar-refractivity contribution in [3.63, 3.8) is 0 Å². The molecule has 150 valence electrons. The van der Waals surface area contributed by atoms with Crippen LogP contribution < -0.4 is 0 Å². The Morgan fingerprint density at radius 1 is 1.30 bits per heavy atom. The second kappa shape index (κ2) is 8.65. The molecule has 9 heteroatoms. The average Bonchev–Trinajstić information content (AvgIpc) is 3.48. The van der Waals surface area contributed by atoms with Gasteiger partial charge in [-0.25, -0.2) is 4.98 Å². The van der Waals surface area contributed by atoms with E-state index in [2.05, 4.69) is 21.3 Å². The van der Waals surface area contributed by atoms with Crippen molar-refractivity contribution in [3.8, 4) is 28.7 Å². The molecule has 0 radical (unpaired) electrons. The second-order valence-electron chi connectivity index (χ2n) is 6.51. The minimum Gasteiger partial charge on any atom is -0.469 e. The molecule has 7 nitrogen and oxygen atoms in total. The van der Waals surface area contributed by atoms with E-state index in [0.29, 0.717) is 16.0 Å². The van der Waals surface area contributed by atoms with Crippen LogP contribution in [0.4, 0.5) is 0 Å². The third kappa shape index (κ3) is 3.92. The summed E-state index contributed by atoms with van der Waals surface area (Å²) in [6, 6.07) is 13.6. The SMILES string of the molecule is Cc1occc1-c1nnc(SCC(=O)[C@H](C#N)c2nc(-c3ccccc3)cs2)n1C. The fraction of sp³-hybridized carbons (Fsp3) is 0.190. The van der Waals surface area contributed by atoms with Crippen molar-refractivity contribution >= 4 is 28.9 Å². The molecule has 0 N–H and O–H groups in total. The number of carbonyl (C=O) groups excluding carboxylic acids is 1. The molecule has 0 spiro atoms. The highest BCUT2D eigenvalue weighted by molar-refractivity contribution is 7.99. The number of ketones is 1. The predicted molar refractivity (Wildman–Crippen MR) is 115 cm³/mol. The zero-order valence-corrected chi connectivity index (χ0v) is 17.9. The summed E-state index contributed by atoms with van der Waals surface area (Å²) in [5.41, 5.74) is 2.58. The number of furan rings is 1. The van der Waals surface area contributed by atoms with Gasteiger partial charge in [0.05, 0.1) is 29.3 Å². The van der Waals surface area contributed by atoms with Crippen molar-refractivity contribution in [2.75, 3.05) is 5.75 Å². The topological polar surface area (TPSA) is 97.6 Å². The van der Waals surface area contributed by atoms with Gasteiger partial charge in [-0.15, -0.1) is 21.5 Å². The zero-order chi connectivity index (χ0) is 21.1. The van der Waals surface area contributed by atoms with Gasteiger partial charge < -0.3 is 8.98 Å². The van der Waals surface area contributed by atoms with Gasteiger partial charge in [0.2, 0.25) is 0 Å². The maximum Gasteiger partial charge on any atom is 0.191 e. The predicted octanol–water partition coefficient (Wildman–Crippen LogP) is 4.48. The normalized spacial score (nSPS) is 11.9. The summed E-state index contributed by atoms with van der Waals surface area (Å²) in [5.74, 6) is 0.417. The number of hydrogen-bond acceptors (Lipinski definition) is 8. The minimum absolute atomic E-state index is 0.106. The number of hydrogen-bond donors (Lipinski definition) is 0. The fourth-order valence-electron chi connectivity index (χ4n) is 2.94. The molecule has 3 heterocycles. The summed E-state index contributed by atoms with van der Waals surface area (Å²) in [6.45, 7) is 1.86. The highest BCUT2D eigenvalue weighted by Gasteiger charge is 2.25. The molecular weight excluding hydrogens is 418 g/mol. The van der Waals surface area contributed by atoms with Crippen LogP contribution in [-0.4, -0.2) is 31.3 Å². The van der Waals surface area contributed by atoms with Gasteiger partial charge in [-0.2, -0.15) is 5.26 Å². The number of thioether (sulfide) groups is 1. The molecular formula is C21H17N5O2S2. The molecule has 0 unspecified atom stereocenters. The summed E-state index contributed by atoms with van der Waals surface area (Å²) in [4.78, 5) is 17.3. The Bertz CT molecular complexity index is 1220. The molecule has 0 saturated carbocycles. The van der Waals surface area contributed by atoms with Crippen LogP contribution in [0.5, 0.6) is 0 Å². The number of rotatable bonds is 7.